The lowest BCUT2D eigenvalue weighted by Gasteiger charge is -2.25. The van der Waals surface area contributed by atoms with Gasteiger partial charge in [0.2, 0.25) is 0 Å². The molecular weight excluding hydrogens is 236 g/mol. The lowest BCUT2D eigenvalue weighted by Crippen LogP contribution is -2.29. The molecule has 1 aromatic rings. The van der Waals surface area contributed by atoms with Gasteiger partial charge >= 0.3 is 0 Å². The van der Waals surface area contributed by atoms with Crippen LogP contribution in [0.4, 0.5) is 14.5 Å². The van der Waals surface area contributed by atoms with Gasteiger partial charge in [-0.3, -0.25) is 0 Å². The van der Waals surface area contributed by atoms with Crippen LogP contribution in [-0.4, -0.2) is 19.1 Å². The standard InChI is InChI=1S/C13H15F2N3/c1-8-2-10(6-17)7-18(8)13-11(14)3-9(5-16)4-12(13)15/h3-4,8,10H,2,6-7,17H2,1H3. The molecule has 2 rings (SSSR count). The molecular formula is C13H15F2N3. The second-order valence-electron chi connectivity index (χ2n) is 4.74. The van der Waals surface area contributed by atoms with Crippen LogP contribution in [0.1, 0.15) is 18.9 Å². The van der Waals surface area contributed by atoms with E-state index in [2.05, 4.69) is 0 Å². The first-order valence-electron chi connectivity index (χ1n) is 5.92. The number of hydrogen-bond donors (Lipinski definition) is 1. The highest BCUT2D eigenvalue weighted by Crippen LogP contribution is 2.33. The molecule has 1 saturated heterocycles. The minimum absolute atomic E-state index is 0.00373. The van der Waals surface area contributed by atoms with Gasteiger partial charge in [-0.2, -0.15) is 5.26 Å². The number of nitrogens with zero attached hydrogens (tertiary/aromatic N) is 2. The molecule has 0 saturated carbocycles. The van der Waals surface area contributed by atoms with Gasteiger partial charge in [0.1, 0.15) is 5.69 Å². The number of halogens is 2. The van der Waals surface area contributed by atoms with Gasteiger partial charge in [0.25, 0.3) is 0 Å². The zero-order chi connectivity index (χ0) is 13.3. The number of nitriles is 1. The van der Waals surface area contributed by atoms with Crippen molar-refractivity contribution in [1.29, 1.82) is 5.26 Å². The van der Waals surface area contributed by atoms with Gasteiger partial charge < -0.3 is 10.6 Å². The molecule has 2 unspecified atom stereocenters. The quantitative estimate of drug-likeness (QED) is 0.874. The third-order valence-electron chi connectivity index (χ3n) is 3.43. The fourth-order valence-electron chi connectivity index (χ4n) is 2.53. The zero-order valence-electron chi connectivity index (χ0n) is 10.2. The van der Waals surface area contributed by atoms with Gasteiger partial charge in [-0.1, -0.05) is 0 Å². The highest BCUT2D eigenvalue weighted by Gasteiger charge is 2.31. The molecule has 0 aromatic heterocycles. The summed E-state index contributed by atoms with van der Waals surface area (Å²) in [5, 5.41) is 8.66. The Balaban J connectivity index is 2.37. The Morgan fingerprint density at radius 2 is 2.06 bits per heavy atom. The fraction of sp³-hybridized carbons (Fsp3) is 0.462. The minimum Gasteiger partial charge on any atom is -0.364 e. The summed E-state index contributed by atoms with van der Waals surface area (Å²) in [6.45, 7) is 2.99. The van der Waals surface area contributed by atoms with Crippen LogP contribution in [-0.2, 0) is 0 Å². The van der Waals surface area contributed by atoms with Crippen molar-refractivity contribution in [3.05, 3.63) is 29.3 Å². The largest absolute Gasteiger partial charge is 0.364 e. The second-order valence-corrected chi connectivity index (χ2v) is 4.74. The normalized spacial score (nSPS) is 23.2. The molecule has 18 heavy (non-hydrogen) atoms. The van der Waals surface area contributed by atoms with E-state index in [1.54, 1.807) is 11.0 Å². The maximum atomic E-state index is 13.9. The molecule has 0 radical (unpaired) electrons. The molecule has 0 bridgehead atoms. The molecule has 1 aliphatic rings. The van der Waals surface area contributed by atoms with E-state index in [-0.39, 0.29) is 23.2 Å². The Labute approximate surface area is 105 Å². The summed E-state index contributed by atoms with van der Waals surface area (Å²) in [4.78, 5) is 1.70. The van der Waals surface area contributed by atoms with E-state index < -0.39 is 11.6 Å². The zero-order valence-corrected chi connectivity index (χ0v) is 10.2. The minimum atomic E-state index is -0.684. The first kappa shape index (κ1) is 12.8. The molecule has 96 valence electrons. The number of anilines is 1. The van der Waals surface area contributed by atoms with Crippen molar-refractivity contribution < 1.29 is 8.78 Å². The van der Waals surface area contributed by atoms with Crippen LogP contribution in [0.5, 0.6) is 0 Å². The Morgan fingerprint density at radius 1 is 1.44 bits per heavy atom. The van der Waals surface area contributed by atoms with Crippen molar-refractivity contribution in [2.24, 2.45) is 11.7 Å². The van der Waals surface area contributed by atoms with Crippen LogP contribution in [0, 0.1) is 28.9 Å². The smallest absolute Gasteiger partial charge is 0.150 e. The van der Waals surface area contributed by atoms with Crippen LogP contribution in [0.2, 0.25) is 0 Å². The Kier molecular flexibility index (Phi) is 3.48. The highest BCUT2D eigenvalue weighted by molar-refractivity contribution is 5.54. The average molecular weight is 251 g/mol. The van der Waals surface area contributed by atoms with Crippen molar-refractivity contribution in [3.63, 3.8) is 0 Å². The van der Waals surface area contributed by atoms with E-state index in [0.29, 0.717) is 13.1 Å². The first-order chi connectivity index (χ1) is 8.56. The van der Waals surface area contributed by atoms with E-state index in [4.69, 9.17) is 11.0 Å². The van der Waals surface area contributed by atoms with Gasteiger partial charge in [0.15, 0.2) is 11.6 Å². The molecule has 1 fully saturated rings. The van der Waals surface area contributed by atoms with Gasteiger partial charge in [-0.25, -0.2) is 8.78 Å². The number of hydrogen-bond acceptors (Lipinski definition) is 3. The Bertz CT molecular complexity index is 472. The van der Waals surface area contributed by atoms with Gasteiger partial charge in [0.05, 0.1) is 11.6 Å². The van der Waals surface area contributed by atoms with Gasteiger partial charge in [0, 0.05) is 12.6 Å². The predicted octanol–water partition coefficient (Wildman–Crippen LogP) is 2.01. The fourth-order valence-corrected chi connectivity index (χ4v) is 2.53. The number of benzene rings is 1. The van der Waals surface area contributed by atoms with Crippen molar-refractivity contribution in [1.82, 2.24) is 0 Å². The molecule has 5 heteroatoms. The third-order valence-corrected chi connectivity index (χ3v) is 3.43. The predicted molar refractivity (Wildman–Crippen MR) is 65.0 cm³/mol. The Morgan fingerprint density at radius 3 is 2.50 bits per heavy atom. The van der Waals surface area contributed by atoms with Crippen LogP contribution in [0.3, 0.4) is 0 Å². The maximum Gasteiger partial charge on any atom is 0.150 e. The number of nitrogens with two attached hydrogens (primary N) is 1. The molecule has 1 aromatic carbocycles. The maximum absolute atomic E-state index is 13.9. The number of rotatable bonds is 2. The summed E-state index contributed by atoms with van der Waals surface area (Å²) in [5.41, 5.74) is 5.55. The first-order valence-corrected chi connectivity index (χ1v) is 5.92. The van der Waals surface area contributed by atoms with Gasteiger partial charge in [-0.15, -0.1) is 0 Å². The van der Waals surface area contributed by atoms with Crippen LogP contribution in [0.15, 0.2) is 12.1 Å². The summed E-state index contributed by atoms with van der Waals surface area (Å²) < 4.78 is 27.8. The summed E-state index contributed by atoms with van der Waals surface area (Å²) >= 11 is 0. The SMILES string of the molecule is CC1CC(CN)CN1c1c(F)cc(C#N)cc1F. The second kappa shape index (κ2) is 4.91. The van der Waals surface area contributed by atoms with Crippen molar-refractivity contribution in [2.45, 2.75) is 19.4 Å². The van der Waals surface area contributed by atoms with E-state index >= 15 is 0 Å². The third kappa shape index (κ3) is 2.16. The van der Waals surface area contributed by atoms with Crippen molar-refractivity contribution in [3.8, 4) is 6.07 Å². The van der Waals surface area contributed by atoms with Crippen molar-refractivity contribution in [2.75, 3.05) is 18.0 Å². The monoisotopic (exact) mass is 251 g/mol. The lowest BCUT2D eigenvalue weighted by molar-refractivity contribution is 0.567. The molecule has 2 N–H and O–H groups in total. The molecule has 2 atom stereocenters. The highest BCUT2D eigenvalue weighted by atomic mass is 19.1. The average Bonchev–Trinajstić information content (AvgIpc) is 2.70. The van der Waals surface area contributed by atoms with E-state index in [9.17, 15) is 8.78 Å². The molecule has 0 amide bonds. The Hall–Kier alpha value is -1.67. The van der Waals surface area contributed by atoms with Gasteiger partial charge in [-0.05, 0) is 37.9 Å². The lowest BCUT2D eigenvalue weighted by atomic mass is 10.1. The van der Waals surface area contributed by atoms with Crippen molar-refractivity contribution >= 4 is 5.69 Å². The van der Waals surface area contributed by atoms with E-state index in [1.165, 1.54) is 0 Å². The van der Waals surface area contributed by atoms with Crippen LogP contribution < -0.4 is 10.6 Å². The van der Waals surface area contributed by atoms with E-state index in [0.717, 1.165) is 18.6 Å². The molecule has 0 aliphatic carbocycles. The summed E-state index contributed by atoms with van der Waals surface area (Å²) in [6.07, 6.45) is 0.829. The van der Waals surface area contributed by atoms with E-state index in [1.807, 2.05) is 6.92 Å². The topological polar surface area (TPSA) is 53.0 Å². The molecule has 3 nitrogen and oxygen atoms in total. The molecule has 1 aliphatic heterocycles. The molecule has 0 spiro atoms. The summed E-state index contributed by atoms with van der Waals surface area (Å²) in [5.74, 6) is -1.11. The molecule has 1 heterocycles. The van der Waals surface area contributed by atoms with Crippen LogP contribution >= 0.6 is 0 Å². The summed E-state index contributed by atoms with van der Waals surface area (Å²) in [7, 11) is 0. The van der Waals surface area contributed by atoms with Crippen LogP contribution in [0.25, 0.3) is 0 Å². The summed E-state index contributed by atoms with van der Waals surface area (Å²) in [6, 6.07) is 3.93.